The third kappa shape index (κ3) is 2.67. The molecular formula is C18H21NO3. The smallest absolute Gasteiger partial charge is 0.160 e. The Kier molecular flexibility index (Phi) is 4.05. The molecule has 4 nitrogen and oxygen atoms in total. The number of methoxy groups -OCH3 is 1. The van der Waals surface area contributed by atoms with Crippen molar-refractivity contribution in [1.29, 1.82) is 0 Å². The number of fused-ring (bicyclic) bond motifs is 1. The second-order valence-corrected chi connectivity index (χ2v) is 5.81. The summed E-state index contributed by atoms with van der Waals surface area (Å²) < 4.78 is 5.17. The molecule has 0 fully saturated rings. The number of likely N-dealkylation sites (N-methyl/N-ethyl adjacent to an activating group) is 1. The van der Waals surface area contributed by atoms with Crippen LogP contribution in [0, 0.1) is 0 Å². The van der Waals surface area contributed by atoms with Gasteiger partial charge in [-0.05, 0) is 42.3 Å². The molecular weight excluding hydrogens is 278 g/mol. The second-order valence-electron chi connectivity index (χ2n) is 5.81. The van der Waals surface area contributed by atoms with E-state index < -0.39 is 6.10 Å². The minimum atomic E-state index is -0.568. The molecule has 0 spiro atoms. The van der Waals surface area contributed by atoms with E-state index in [4.69, 9.17) is 4.74 Å². The predicted molar refractivity (Wildman–Crippen MR) is 85.1 cm³/mol. The highest BCUT2D eigenvalue weighted by Gasteiger charge is 2.31. The van der Waals surface area contributed by atoms with Gasteiger partial charge in [0.1, 0.15) is 0 Å². The van der Waals surface area contributed by atoms with Crippen molar-refractivity contribution in [2.45, 2.75) is 18.6 Å². The lowest BCUT2D eigenvalue weighted by Crippen LogP contribution is -2.36. The topological polar surface area (TPSA) is 52.9 Å². The van der Waals surface area contributed by atoms with Crippen LogP contribution in [-0.2, 0) is 6.42 Å². The molecule has 1 aliphatic rings. The van der Waals surface area contributed by atoms with E-state index >= 15 is 0 Å². The summed E-state index contributed by atoms with van der Waals surface area (Å²) in [5, 5.41) is 20.4. The summed E-state index contributed by atoms with van der Waals surface area (Å²) in [7, 11) is 3.52. The van der Waals surface area contributed by atoms with Crippen LogP contribution in [0.4, 0.5) is 0 Å². The second kappa shape index (κ2) is 5.99. The van der Waals surface area contributed by atoms with Crippen molar-refractivity contribution in [3.05, 3.63) is 59.2 Å². The molecule has 0 unspecified atom stereocenters. The van der Waals surface area contributed by atoms with Crippen LogP contribution in [0.1, 0.15) is 28.8 Å². The van der Waals surface area contributed by atoms with Crippen molar-refractivity contribution in [2.75, 3.05) is 20.7 Å². The van der Waals surface area contributed by atoms with Crippen LogP contribution in [0.2, 0.25) is 0 Å². The number of nitrogens with zero attached hydrogens (tertiary/aromatic N) is 1. The fraction of sp³-hybridized carbons (Fsp3) is 0.333. The van der Waals surface area contributed by atoms with E-state index in [1.54, 1.807) is 12.1 Å². The quantitative estimate of drug-likeness (QED) is 0.915. The highest BCUT2D eigenvalue weighted by Crippen LogP contribution is 2.41. The van der Waals surface area contributed by atoms with Gasteiger partial charge in [-0.25, -0.2) is 0 Å². The van der Waals surface area contributed by atoms with Crippen molar-refractivity contribution >= 4 is 0 Å². The minimum absolute atomic E-state index is 0.113. The largest absolute Gasteiger partial charge is 0.504 e. The number of aliphatic hydroxyl groups is 1. The van der Waals surface area contributed by atoms with E-state index in [-0.39, 0.29) is 11.8 Å². The number of ether oxygens (including phenoxy) is 1. The lowest BCUT2D eigenvalue weighted by Gasteiger charge is -2.37. The van der Waals surface area contributed by atoms with Gasteiger partial charge in [0, 0.05) is 12.6 Å². The van der Waals surface area contributed by atoms with Crippen LogP contribution in [0.5, 0.6) is 11.5 Å². The Labute approximate surface area is 130 Å². The molecule has 2 atom stereocenters. The van der Waals surface area contributed by atoms with E-state index in [0.29, 0.717) is 12.3 Å². The van der Waals surface area contributed by atoms with Gasteiger partial charge in [-0.15, -0.1) is 0 Å². The molecule has 2 aromatic rings. The standard InChI is InChI=1S/C18H21NO3/c1-19-11-17(21)14-10-18(22-2)16(20)9-13(14)15(19)8-12-6-4-3-5-7-12/h3-7,9-10,15,17,20-21H,8,11H2,1-2H3/t15-,17+/m0/s1. The lowest BCUT2D eigenvalue weighted by atomic mass is 9.87. The van der Waals surface area contributed by atoms with Crippen molar-refractivity contribution in [2.24, 2.45) is 0 Å². The van der Waals surface area contributed by atoms with Gasteiger partial charge in [0.15, 0.2) is 11.5 Å². The number of β-amino-alcohol motifs (C(OH)–C–C–N with tert-alkyl or cyclic N) is 1. The Morgan fingerprint density at radius 3 is 2.59 bits per heavy atom. The maximum atomic E-state index is 10.3. The fourth-order valence-electron chi connectivity index (χ4n) is 3.18. The van der Waals surface area contributed by atoms with Crippen molar-refractivity contribution in [3.8, 4) is 11.5 Å². The Hall–Kier alpha value is -2.04. The molecule has 0 bridgehead atoms. The summed E-state index contributed by atoms with van der Waals surface area (Å²) in [6, 6.07) is 13.9. The Morgan fingerprint density at radius 2 is 1.91 bits per heavy atom. The third-order valence-electron chi connectivity index (χ3n) is 4.37. The summed E-state index contributed by atoms with van der Waals surface area (Å²) >= 11 is 0. The summed E-state index contributed by atoms with van der Waals surface area (Å²) in [5.74, 6) is 0.516. The summed E-state index contributed by atoms with van der Waals surface area (Å²) in [6.45, 7) is 0.568. The number of phenolic OH excluding ortho intramolecular Hbond substituents is 1. The van der Waals surface area contributed by atoms with Gasteiger partial charge in [-0.1, -0.05) is 30.3 Å². The van der Waals surface area contributed by atoms with Crippen LogP contribution in [0.25, 0.3) is 0 Å². The van der Waals surface area contributed by atoms with Gasteiger partial charge in [-0.2, -0.15) is 0 Å². The van der Waals surface area contributed by atoms with E-state index in [0.717, 1.165) is 17.5 Å². The predicted octanol–water partition coefficient (Wildman–Crippen LogP) is 2.66. The van der Waals surface area contributed by atoms with Gasteiger partial charge in [0.05, 0.1) is 13.2 Å². The minimum Gasteiger partial charge on any atom is -0.504 e. The summed E-state index contributed by atoms with van der Waals surface area (Å²) in [4.78, 5) is 2.13. The molecule has 22 heavy (non-hydrogen) atoms. The zero-order chi connectivity index (χ0) is 15.7. The molecule has 2 aromatic carbocycles. The molecule has 1 aliphatic heterocycles. The number of hydrogen-bond donors (Lipinski definition) is 2. The molecule has 0 aliphatic carbocycles. The van der Waals surface area contributed by atoms with Crippen LogP contribution < -0.4 is 4.74 Å². The van der Waals surface area contributed by atoms with Crippen molar-refractivity contribution in [1.82, 2.24) is 4.90 Å². The van der Waals surface area contributed by atoms with Crippen molar-refractivity contribution in [3.63, 3.8) is 0 Å². The maximum Gasteiger partial charge on any atom is 0.160 e. The van der Waals surface area contributed by atoms with E-state index in [2.05, 4.69) is 17.0 Å². The fourth-order valence-corrected chi connectivity index (χ4v) is 3.18. The molecule has 0 amide bonds. The molecule has 116 valence electrons. The molecule has 0 saturated carbocycles. The van der Waals surface area contributed by atoms with Gasteiger partial charge >= 0.3 is 0 Å². The average Bonchev–Trinajstić information content (AvgIpc) is 2.52. The summed E-state index contributed by atoms with van der Waals surface area (Å²) in [6.07, 6.45) is 0.268. The molecule has 4 heteroatoms. The van der Waals surface area contributed by atoms with E-state index in [1.165, 1.54) is 12.7 Å². The van der Waals surface area contributed by atoms with Crippen LogP contribution in [0.15, 0.2) is 42.5 Å². The first-order valence-electron chi connectivity index (χ1n) is 7.43. The Morgan fingerprint density at radius 1 is 1.18 bits per heavy atom. The van der Waals surface area contributed by atoms with E-state index in [1.807, 2.05) is 25.2 Å². The SMILES string of the molecule is COc1cc2c(cc1O)[C@H](Cc1ccccc1)N(C)C[C@H]2O. The number of hydrogen-bond acceptors (Lipinski definition) is 4. The number of rotatable bonds is 3. The molecule has 3 rings (SSSR count). The van der Waals surface area contributed by atoms with E-state index in [9.17, 15) is 10.2 Å². The molecule has 0 radical (unpaired) electrons. The van der Waals surface area contributed by atoms with Crippen LogP contribution in [-0.4, -0.2) is 35.8 Å². The monoisotopic (exact) mass is 299 g/mol. The van der Waals surface area contributed by atoms with Crippen LogP contribution in [0.3, 0.4) is 0 Å². The normalized spacial score (nSPS) is 21.4. The zero-order valence-electron chi connectivity index (χ0n) is 12.9. The highest BCUT2D eigenvalue weighted by atomic mass is 16.5. The Bertz CT molecular complexity index is 657. The highest BCUT2D eigenvalue weighted by molar-refractivity contribution is 5.49. The van der Waals surface area contributed by atoms with Gasteiger partial charge < -0.3 is 14.9 Å². The molecule has 2 N–H and O–H groups in total. The van der Waals surface area contributed by atoms with Crippen molar-refractivity contribution < 1.29 is 14.9 Å². The number of benzene rings is 2. The first kappa shape index (κ1) is 14.9. The molecule has 0 saturated heterocycles. The molecule has 0 aromatic heterocycles. The first-order chi connectivity index (χ1) is 10.6. The zero-order valence-corrected chi connectivity index (χ0v) is 12.9. The number of aliphatic hydroxyl groups excluding tert-OH is 1. The lowest BCUT2D eigenvalue weighted by molar-refractivity contribution is 0.0832. The summed E-state index contributed by atoms with van der Waals surface area (Å²) in [5.41, 5.74) is 3.04. The van der Waals surface area contributed by atoms with Gasteiger partial charge in [0.25, 0.3) is 0 Å². The maximum absolute atomic E-state index is 10.3. The van der Waals surface area contributed by atoms with Crippen LogP contribution >= 0.6 is 0 Å². The Balaban J connectivity index is 2.01. The first-order valence-corrected chi connectivity index (χ1v) is 7.43. The average molecular weight is 299 g/mol. The molecule has 1 heterocycles. The van der Waals surface area contributed by atoms with Gasteiger partial charge in [0.2, 0.25) is 0 Å². The number of phenols is 1. The number of aromatic hydroxyl groups is 1. The van der Waals surface area contributed by atoms with Gasteiger partial charge in [-0.3, -0.25) is 4.90 Å². The third-order valence-corrected chi connectivity index (χ3v) is 4.37.